The van der Waals surface area contributed by atoms with Crippen molar-refractivity contribution < 1.29 is 5.11 Å². The van der Waals surface area contributed by atoms with Gasteiger partial charge in [-0.25, -0.2) is 4.98 Å². The lowest BCUT2D eigenvalue weighted by atomic mass is 9.95. The first-order valence-electron chi connectivity index (χ1n) is 5.98. The molecule has 0 aliphatic carbocycles. The Hall–Kier alpha value is -1.61. The molecule has 2 unspecified atom stereocenters. The summed E-state index contributed by atoms with van der Waals surface area (Å²) in [5, 5.41) is 10.4. The van der Waals surface area contributed by atoms with Crippen molar-refractivity contribution in [2.75, 3.05) is 0 Å². The Balaban J connectivity index is 2.23. The van der Waals surface area contributed by atoms with Crippen molar-refractivity contribution in [3.63, 3.8) is 0 Å². The van der Waals surface area contributed by atoms with Crippen molar-refractivity contribution in [1.29, 1.82) is 0 Å². The summed E-state index contributed by atoms with van der Waals surface area (Å²) in [4.78, 5) is 4.25. The lowest BCUT2D eigenvalue weighted by molar-refractivity contribution is 0.138. The van der Waals surface area contributed by atoms with Crippen LogP contribution in [0.2, 0.25) is 0 Å². The first kappa shape index (κ1) is 11.9. The van der Waals surface area contributed by atoms with Gasteiger partial charge in [-0.05, 0) is 12.5 Å². The molecule has 0 fully saturated rings. The zero-order chi connectivity index (χ0) is 12.3. The van der Waals surface area contributed by atoms with Crippen LogP contribution in [-0.4, -0.2) is 14.7 Å². The first-order chi connectivity index (χ1) is 8.24. The highest BCUT2D eigenvalue weighted by Crippen LogP contribution is 2.29. The Kier molecular flexibility index (Phi) is 3.59. The summed E-state index contributed by atoms with van der Waals surface area (Å²) in [6.45, 7) is 4.90. The highest BCUT2D eigenvalue weighted by atomic mass is 16.3. The van der Waals surface area contributed by atoms with E-state index in [0.717, 1.165) is 17.9 Å². The second-order valence-corrected chi connectivity index (χ2v) is 4.22. The third-order valence-corrected chi connectivity index (χ3v) is 3.15. The molecule has 1 aromatic carbocycles. The molecular formula is C14H18N2O. The molecule has 0 saturated carbocycles. The Bertz CT molecular complexity index is 464. The number of aliphatic hydroxyl groups excluding tert-OH is 1. The molecule has 0 spiro atoms. The third kappa shape index (κ3) is 2.39. The van der Waals surface area contributed by atoms with Crippen LogP contribution >= 0.6 is 0 Å². The summed E-state index contributed by atoms with van der Waals surface area (Å²) in [6.07, 6.45) is 3.07. The number of benzene rings is 1. The minimum atomic E-state index is -0.563. The minimum absolute atomic E-state index is 0.0453. The summed E-state index contributed by atoms with van der Waals surface area (Å²) in [5.41, 5.74) is 1.13. The molecule has 3 heteroatoms. The van der Waals surface area contributed by atoms with Crippen LogP contribution in [0, 0.1) is 0 Å². The van der Waals surface area contributed by atoms with E-state index in [2.05, 4.69) is 4.98 Å². The molecule has 0 aliphatic heterocycles. The van der Waals surface area contributed by atoms with Gasteiger partial charge in [-0.2, -0.15) is 0 Å². The zero-order valence-electron chi connectivity index (χ0n) is 10.2. The van der Waals surface area contributed by atoms with Crippen LogP contribution in [0.3, 0.4) is 0 Å². The first-order valence-corrected chi connectivity index (χ1v) is 5.98. The molecule has 3 nitrogen and oxygen atoms in total. The van der Waals surface area contributed by atoms with E-state index in [4.69, 9.17) is 0 Å². The van der Waals surface area contributed by atoms with Crippen LogP contribution < -0.4 is 0 Å². The minimum Gasteiger partial charge on any atom is -0.385 e. The van der Waals surface area contributed by atoms with Gasteiger partial charge in [-0.15, -0.1) is 0 Å². The lowest BCUT2D eigenvalue weighted by Crippen LogP contribution is -2.13. The second-order valence-electron chi connectivity index (χ2n) is 4.22. The van der Waals surface area contributed by atoms with E-state index in [0.29, 0.717) is 0 Å². The van der Waals surface area contributed by atoms with Crippen LogP contribution in [0.4, 0.5) is 0 Å². The highest BCUT2D eigenvalue weighted by Gasteiger charge is 2.21. The van der Waals surface area contributed by atoms with E-state index >= 15 is 0 Å². The number of aliphatic hydroxyl groups is 1. The Morgan fingerprint density at radius 3 is 2.65 bits per heavy atom. The van der Waals surface area contributed by atoms with E-state index in [1.165, 1.54) is 0 Å². The SMILES string of the molecule is CCn1ccnc1C(O)C(C)c1ccccc1. The summed E-state index contributed by atoms with van der Waals surface area (Å²) in [6, 6.07) is 10.0. The van der Waals surface area contributed by atoms with Gasteiger partial charge in [0.15, 0.2) is 0 Å². The molecule has 2 aromatic rings. The van der Waals surface area contributed by atoms with Crippen LogP contribution in [0.5, 0.6) is 0 Å². The van der Waals surface area contributed by atoms with E-state index in [-0.39, 0.29) is 5.92 Å². The maximum Gasteiger partial charge on any atom is 0.138 e. The standard InChI is InChI=1S/C14H18N2O/c1-3-16-10-9-15-14(16)13(17)11(2)12-7-5-4-6-8-12/h4-11,13,17H,3H2,1-2H3. The monoisotopic (exact) mass is 230 g/mol. The largest absolute Gasteiger partial charge is 0.385 e. The molecule has 1 N–H and O–H groups in total. The fraction of sp³-hybridized carbons (Fsp3) is 0.357. The van der Waals surface area contributed by atoms with E-state index in [1.807, 2.05) is 54.9 Å². The third-order valence-electron chi connectivity index (χ3n) is 3.15. The van der Waals surface area contributed by atoms with Gasteiger partial charge in [0.1, 0.15) is 11.9 Å². The number of imidazole rings is 1. The maximum atomic E-state index is 10.4. The smallest absolute Gasteiger partial charge is 0.138 e. The van der Waals surface area contributed by atoms with Gasteiger partial charge in [0.2, 0.25) is 0 Å². The molecule has 2 rings (SSSR count). The van der Waals surface area contributed by atoms with Gasteiger partial charge < -0.3 is 9.67 Å². The fourth-order valence-corrected chi connectivity index (χ4v) is 2.02. The van der Waals surface area contributed by atoms with Crippen molar-refractivity contribution in [1.82, 2.24) is 9.55 Å². The lowest BCUT2D eigenvalue weighted by Gasteiger charge is -2.19. The van der Waals surface area contributed by atoms with Gasteiger partial charge in [0.25, 0.3) is 0 Å². The second kappa shape index (κ2) is 5.15. The van der Waals surface area contributed by atoms with Crippen molar-refractivity contribution in [2.45, 2.75) is 32.4 Å². The Morgan fingerprint density at radius 1 is 1.29 bits per heavy atom. The highest BCUT2D eigenvalue weighted by molar-refractivity contribution is 5.21. The normalized spacial score (nSPS) is 14.5. The predicted octanol–water partition coefficient (Wildman–Crippen LogP) is 2.74. The summed E-state index contributed by atoms with van der Waals surface area (Å²) < 4.78 is 1.98. The molecule has 0 saturated heterocycles. The van der Waals surface area contributed by atoms with Crippen LogP contribution in [0.1, 0.15) is 37.3 Å². The predicted molar refractivity (Wildman–Crippen MR) is 67.7 cm³/mol. The molecular weight excluding hydrogens is 212 g/mol. The quantitative estimate of drug-likeness (QED) is 0.877. The molecule has 2 atom stereocenters. The number of rotatable bonds is 4. The summed E-state index contributed by atoms with van der Waals surface area (Å²) >= 11 is 0. The van der Waals surface area contributed by atoms with Gasteiger partial charge in [0, 0.05) is 24.9 Å². The van der Waals surface area contributed by atoms with Crippen LogP contribution in [0.15, 0.2) is 42.7 Å². The molecule has 0 aliphatic rings. The molecule has 1 aromatic heterocycles. The number of aromatic nitrogens is 2. The Labute approximate surface area is 102 Å². The van der Waals surface area contributed by atoms with Gasteiger partial charge in [-0.3, -0.25) is 0 Å². The van der Waals surface area contributed by atoms with E-state index in [1.54, 1.807) is 6.20 Å². The van der Waals surface area contributed by atoms with E-state index < -0.39 is 6.10 Å². The number of aryl methyl sites for hydroxylation is 1. The summed E-state index contributed by atoms with van der Waals surface area (Å²) in [5.74, 6) is 0.785. The Morgan fingerprint density at radius 2 is 2.00 bits per heavy atom. The van der Waals surface area contributed by atoms with Crippen molar-refractivity contribution >= 4 is 0 Å². The van der Waals surface area contributed by atoms with Crippen molar-refractivity contribution in [2.24, 2.45) is 0 Å². The average Bonchev–Trinajstić information content (AvgIpc) is 2.86. The molecule has 0 bridgehead atoms. The zero-order valence-corrected chi connectivity index (χ0v) is 10.2. The fourth-order valence-electron chi connectivity index (χ4n) is 2.02. The van der Waals surface area contributed by atoms with E-state index in [9.17, 15) is 5.11 Å². The van der Waals surface area contributed by atoms with Gasteiger partial charge in [-0.1, -0.05) is 37.3 Å². The molecule has 17 heavy (non-hydrogen) atoms. The van der Waals surface area contributed by atoms with Crippen LogP contribution in [-0.2, 0) is 6.54 Å². The molecule has 0 radical (unpaired) electrons. The van der Waals surface area contributed by atoms with Gasteiger partial charge >= 0.3 is 0 Å². The van der Waals surface area contributed by atoms with Crippen LogP contribution in [0.25, 0.3) is 0 Å². The van der Waals surface area contributed by atoms with Crippen molar-refractivity contribution in [3.8, 4) is 0 Å². The van der Waals surface area contributed by atoms with Crippen molar-refractivity contribution in [3.05, 3.63) is 54.1 Å². The number of hydrogen-bond donors (Lipinski definition) is 1. The number of nitrogens with zero attached hydrogens (tertiary/aromatic N) is 2. The average molecular weight is 230 g/mol. The van der Waals surface area contributed by atoms with Gasteiger partial charge in [0.05, 0.1) is 0 Å². The molecule has 1 heterocycles. The maximum absolute atomic E-state index is 10.4. The number of hydrogen-bond acceptors (Lipinski definition) is 2. The topological polar surface area (TPSA) is 38.0 Å². The summed E-state index contributed by atoms with van der Waals surface area (Å²) in [7, 11) is 0. The molecule has 0 amide bonds. The molecule has 90 valence electrons.